The smallest absolute Gasteiger partial charge is 0.335 e. The first-order valence-corrected chi connectivity index (χ1v) is 6.42. The summed E-state index contributed by atoms with van der Waals surface area (Å²) < 4.78 is 10.6. The van der Waals surface area contributed by atoms with E-state index in [4.69, 9.17) is 14.6 Å². The van der Waals surface area contributed by atoms with E-state index >= 15 is 0 Å². The van der Waals surface area contributed by atoms with Gasteiger partial charge < -0.3 is 14.6 Å². The maximum Gasteiger partial charge on any atom is 0.335 e. The van der Waals surface area contributed by atoms with Crippen LogP contribution in [0.3, 0.4) is 0 Å². The summed E-state index contributed by atoms with van der Waals surface area (Å²) in [5, 5.41) is 8.75. The van der Waals surface area contributed by atoms with Crippen molar-refractivity contribution in [3.63, 3.8) is 0 Å². The van der Waals surface area contributed by atoms with Crippen molar-refractivity contribution in [3.8, 4) is 5.75 Å². The average molecular weight is 264 g/mol. The molecule has 1 aromatic rings. The summed E-state index contributed by atoms with van der Waals surface area (Å²) in [5.74, 6) is -0.215. The van der Waals surface area contributed by atoms with E-state index in [1.165, 1.54) is 6.26 Å². The van der Waals surface area contributed by atoms with Gasteiger partial charge in [-0.25, -0.2) is 4.79 Å². The number of benzene rings is 1. The van der Waals surface area contributed by atoms with Crippen molar-refractivity contribution in [2.75, 3.05) is 13.2 Å². The fourth-order valence-electron chi connectivity index (χ4n) is 1.61. The van der Waals surface area contributed by atoms with E-state index in [9.17, 15) is 4.79 Å². The van der Waals surface area contributed by atoms with Gasteiger partial charge in [0.05, 0.1) is 25.0 Å². The Kier molecular flexibility index (Phi) is 7.17. The number of carboxylic acids is 1. The number of aromatic carboxylic acids is 1. The highest BCUT2D eigenvalue weighted by Crippen LogP contribution is 2.13. The molecule has 0 aliphatic carbocycles. The van der Waals surface area contributed by atoms with Crippen molar-refractivity contribution in [2.24, 2.45) is 0 Å². The molecule has 0 fully saturated rings. The number of ether oxygens (including phenoxy) is 2. The van der Waals surface area contributed by atoms with Crippen LogP contribution in [0.15, 0.2) is 37.1 Å². The Hall–Kier alpha value is -1.97. The molecule has 0 heterocycles. The van der Waals surface area contributed by atoms with Crippen LogP contribution in [0.4, 0.5) is 0 Å². The summed E-state index contributed by atoms with van der Waals surface area (Å²) >= 11 is 0. The second-order valence-electron chi connectivity index (χ2n) is 4.13. The standard InChI is InChI=1S/C15H20O4/c1-2-18-11-5-3-4-6-12-19-14-9-7-13(8-10-14)15(16)17/h2,7-10H,1,3-6,11-12H2,(H,16,17). The Morgan fingerprint density at radius 2 is 1.74 bits per heavy atom. The zero-order chi connectivity index (χ0) is 13.9. The van der Waals surface area contributed by atoms with Crippen LogP contribution >= 0.6 is 0 Å². The molecular formula is C15H20O4. The van der Waals surface area contributed by atoms with Gasteiger partial charge in [0.15, 0.2) is 0 Å². The number of unbranched alkanes of at least 4 members (excludes halogenated alkanes) is 3. The van der Waals surface area contributed by atoms with Crippen molar-refractivity contribution in [1.82, 2.24) is 0 Å². The Morgan fingerprint density at radius 3 is 2.32 bits per heavy atom. The van der Waals surface area contributed by atoms with Crippen LogP contribution in [-0.2, 0) is 4.74 Å². The van der Waals surface area contributed by atoms with Crippen LogP contribution in [0.1, 0.15) is 36.0 Å². The van der Waals surface area contributed by atoms with E-state index in [-0.39, 0.29) is 5.56 Å². The van der Waals surface area contributed by atoms with Gasteiger partial charge in [-0.2, -0.15) is 0 Å². The first kappa shape index (κ1) is 15.1. The molecule has 0 radical (unpaired) electrons. The highest BCUT2D eigenvalue weighted by Gasteiger charge is 2.01. The molecule has 0 saturated heterocycles. The van der Waals surface area contributed by atoms with Crippen LogP contribution in [0, 0.1) is 0 Å². The summed E-state index contributed by atoms with van der Waals surface area (Å²) in [5.41, 5.74) is 0.273. The Morgan fingerprint density at radius 1 is 1.11 bits per heavy atom. The molecule has 1 aromatic carbocycles. The van der Waals surface area contributed by atoms with Gasteiger partial charge in [-0.3, -0.25) is 0 Å². The third kappa shape index (κ3) is 6.50. The molecule has 0 saturated carbocycles. The van der Waals surface area contributed by atoms with E-state index in [1.54, 1.807) is 24.3 Å². The lowest BCUT2D eigenvalue weighted by Gasteiger charge is -2.06. The quantitative estimate of drug-likeness (QED) is 0.519. The molecule has 0 atom stereocenters. The summed E-state index contributed by atoms with van der Waals surface area (Å²) in [4.78, 5) is 10.7. The minimum Gasteiger partial charge on any atom is -0.502 e. The van der Waals surface area contributed by atoms with Crippen LogP contribution < -0.4 is 4.74 Å². The van der Waals surface area contributed by atoms with Gasteiger partial charge in [0.1, 0.15) is 5.75 Å². The van der Waals surface area contributed by atoms with Crippen LogP contribution in [0.2, 0.25) is 0 Å². The fourth-order valence-corrected chi connectivity index (χ4v) is 1.61. The third-order valence-corrected chi connectivity index (χ3v) is 2.64. The van der Waals surface area contributed by atoms with Gasteiger partial charge in [0.25, 0.3) is 0 Å². The van der Waals surface area contributed by atoms with Crippen molar-refractivity contribution in [1.29, 1.82) is 0 Å². The second kappa shape index (κ2) is 9.03. The summed E-state index contributed by atoms with van der Waals surface area (Å²) in [6.45, 7) is 4.85. The molecule has 0 aliphatic rings. The van der Waals surface area contributed by atoms with Gasteiger partial charge in [-0.05, 0) is 49.9 Å². The Bertz CT molecular complexity index is 384. The zero-order valence-electron chi connectivity index (χ0n) is 11.0. The van der Waals surface area contributed by atoms with E-state index in [2.05, 4.69) is 6.58 Å². The van der Waals surface area contributed by atoms with Gasteiger partial charge in [-0.15, -0.1) is 0 Å². The number of carbonyl (C=O) groups is 1. The lowest BCUT2D eigenvalue weighted by molar-refractivity contribution is 0.0697. The SMILES string of the molecule is C=COCCCCCCOc1ccc(C(=O)O)cc1. The van der Waals surface area contributed by atoms with Gasteiger partial charge >= 0.3 is 5.97 Å². The average Bonchev–Trinajstić information content (AvgIpc) is 2.42. The first-order valence-electron chi connectivity index (χ1n) is 6.42. The van der Waals surface area contributed by atoms with Gasteiger partial charge in [0.2, 0.25) is 0 Å². The predicted molar refractivity (Wildman–Crippen MR) is 73.5 cm³/mol. The van der Waals surface area contributed by atoms with Gasteiger partial charge in [-0.1, -0.05) is 6.58 Å². The van der Waals surface area contributed by atoms with Crippen LogP contribution in [-0.4, -0.2) is 24.3 Å². The summed E-state index contributed by atoms with van der Waals surface area (Å²) in [6.07, 6.45) is 5.67. The fraction of sp³-hybridized carbons (Fsp3) is 0.400. The lowest BCUT2D eigenvalue weighted by Crippen LogP contribution is -1.99. The highest BCUT2D eigenvalue weighted by molar-refractivity contribution is 5.87. The largest absolute Gasteiger partial charge is 0.502 e. The van der Waals surface area contributed by atoms with Crippen molar-refractivity contribution >= 4 is 5.97 Å². The molecule has 1 rings (SSSR count). The second-order valence-corrected chi connectivity index (χ2v) is 4.13. The number of hydrogen-bond acceptors (Lipinski definition) is 3. The number of carboxylic acid groups (broad SMARTS) is 1. The number of rotatable bonds is 10. The maximum absolute atomic E-state index is 10.7. The minimum absolute atomic E-state index is 0.273. The molecule has 0 unspecified atom stereocenters. The van der Waals surface area contributed by atoms with Crippen LogP contribution in [0.25, 0.3) is 0 Å². The molecule has 0 aliphatic heterocycles. The van der Waals surface area contributed by atoms with Crippen molar-refractivity contribution < 1.29 is 19.4 Å². The zero-order valence-corrected chi connectivity index (χ0v) is 11.0. The first-order chi connectivity index (χ1) is 9.24. The maximum atomic E-state index is 10.7. The van der Waals surface area contributed by atoms with Crippen LogP contribution in [0.5, 0.6) is 5.75 Å². The van der Waals surface area contributed by atoms with Crippen molar-refractivity contribution in [2.45, 2.75) is 25.7 Å². The highest BCUT2D eigenvalue weighted by atomic mass is 16.5. The summed E-state index contributed by atoms with van der Waals surface area (Å²) in [7, 11) is 0. The van der Waals surface area contributed by atoms with E-state index in [0.717, 1.165) is 32.3 Å². The lowest BCUT2D eigenvalue weighted by atomic mass is 10.2. The molecule has 19 heavy (non-hydrogen) atoms. The molecule has 1 N–H and O–H groups in total. The van der Waals surface area contributed by atoms with E-state index in [1.807, 2.05) is 0 Å². The molecule has 0 aromatic heterocycles. The Balaban J connectivity index is 2.09. The van der Waals surface area contributed by atoms with E-state index in [0.29, 0.717) is 12.4 Å². The Labute approximate surface area is 113 Å². The molecule has 0 spiro atoms. The monoisotopic (exact) mass is 264 g/mol. The molecule has 0 bridgehead atoms. The third-order valence-electron chi connectivity index (χ3n) is 2.64. The minimum atomic E-state index is -0.923. The van der Waals surface area contributed by atoms with E-state index < -0.39 is 5.97 Å². The molecule has 0 amide bonds. The van der Waals surface area contributed by atoms with Crippen molar-refractivity contribution in [3.05, 3.63) is 42.7 Å². The summed E-state index contributed by atoms with van der Waals surface area (Å²) in [6, 6.07) is 6.46. The predicted octanol–water partition coefficient (Wildman–Crippen LogP) is 3.48. The topological polar surface area (TPSA) is 55.8 Å². The van der Waals surface area contributed by atoms with Gasteiger partial charge in [0, 0.05) is 0 Å². The normalized spacial score (nSPS) is 9.89. The molecule has 4 nitrogen and oxygen atoms in total. The molecule has 4 heteroatoms. The molecular weight excluding hydrogens is 244 g/mol. The molecule has 104 valence electrons. The number of hydrogen-bond donors (Lipinski definition) is 1.